The van der Waals surface area contributed by atoms with Crippen LogP contribution in [0.15, 0.2) is 18.2 Å². The molecule has 0 saturated heterocycles. The first-order chi connectivity index (χ1) is 7.04. The van der Waals surface area contributed by atoms with Crippen LogP contribution in [0.25, 0.3) is 0 Å². The van der Waals surface area contributed by atoms with Crippen molar-refractivity contribution in [2.45, 2.75) is 6.42 Å². The average molecular weight is 244 g/mol. The van der Waals surface area contributed by atoms with Crippen molar-refractivity contribution in [1.29, 1.82) is 5.26 Å². The predicted molar refractivity (Wildman–Crippen MR) is 56.9 cm³/mol. The average Bonchev–Trinajstić information content (AvgIpc) is 2.16. The van der Waals surface area contributed by atoms with Gasteiger partial charge in [0.15, 0.2) is 0 Å². The molecule has 0 amide bonds. The molecule has 5 heteroatoms. The summed E-state index contributed by atoms with van der Waals surface area (Å²) in [5.41, 5.74) is 0.606. The lowest BCUT2D eigenvalue weighted by atomic mass is 10.0. The van der Waals surface area contributed by atoms with E-state index in [-0.39, 0.29) is 6.42 Å². The van der Waals surface area contributed by atoms with Gasteiger partial charge in [-0.05, 0) is 17.7 Å². The van der Waals surface area contributed by atoms with E-state index < -0.39 is 11.9 Å². The number of rotatable bonds is 3. The van der Waals surface area contributed by atoms with Crippen molar-refractivity contribution >= 4 is 29.2 Å². The summed E-state index contributed by atoms with van der Waals surface area (Å²) in [6, 6.07) is 6.46. The molecule has 0 bridgehead atoms. The van der Waals surface area contributed by atoms with Crippen LogP contribution in [-0.2, 0) is 11.2 Å². The van der Waals surface area contributed by atoms with Gasteiger partial charge in [-0.1, -0.05) is 29.3 Å². The van der Waals surface area contributed by atoms with Gasteiger partial charge < -0.3 is 5.11 Å². The highest BCUT2D eigenvalue weighted by Crippen LogP contribution is 2.23. The number of halogens is 2. The summed E-state index contributed by atoms with van der Waals surface area (Å²) >= 11 is 11.5. The van der Waals surface area contributed by atoms with Crippen molar-refractivity contribution in [2.24, 2.45) is 5.92 Å². The molecule has 0 aliphatic heterocycles. The normalized spacial score (nSPS) is 11.8. The van der Waals surface area contributed by atoms with E-state index in [1.54, 1.807) is 18.2 Å². The lowest BCUT2D eigenvalue weighted by molar-refractivity contribution is -0.139. The maximum absolute atomic E-state index is 10.6. The monoisotopic (exact) mass is 243 g/mol. The molecule has 0 radical (unpaired) electrons. The quantitative estimate of drug-likeness (QED) is 0.889. The first-order valence-corrected chi connectivity index (χ1v) is 4.86. The lowest BCUT2D eigenvalue weighted by Crippen LogP contribution is -2.14. The van der Waals surface area contributed by atoms with Gasteiger partial charge in [-0.2, -0.15) is 5.26 Å². The predicted octanol–water partition coefficient (Wildman–Crippen LogP) is 2.76. The zero-order chi connectivity index (χ0) is 11.4. The van der Waals surface area contributed by atoms with Gasteiger partial charge in [0.2, 0.25) is 0 Å². The Labute approximate surface area is 96.8 Å². The summed E-state index contributed by atoms with van der Waals surface area (Å²) in [5.74, 6) is -2.23. The fourth-order valence-electron chi connectivity index (χ4n) is 1.10. The van der Waals surface area contributed by atoms with Crippen LogP contribution < -0.4 is 0 Å². The molecule has 1 atom stereocenters. The Balaban J connectivity index is 2.90. The van der Waals surface area contributed by atoms with Crippen molar-refractivity contribution in [3.05, 3.63) is 33.8 Å². The molecule has 3 nitrogen and oxygen atoms in total. The van der Waals surface area contributed by atoms with E-state index in [4.69, 9.17) is 33.6 Å². The number of nitriles is 1. The van der Waals surface area contributed by atoms with Crippen molar-refractivity contribution in [3.8, 4) is 6.07 Å². The molecular formula is C10H7Cl2NO2. The largest absolute Gasteiger partial charge is 0.480 e. The van der Waals surface area contributed by atoms with Crippen molar-refractivity contribution in [2.75, 3.05) is 0 Å². The van der Waals surface area contributed by atoms with Crippen LogP contribution in [0.2, 0.25) is 10.0 Å². The van der Waals surface area contributed by atoms with Crippen LogP contribution in [0.1, 0.15) is 5.56 Å². The Morgan fingerprint density at radius 1 is 1.53 bits per heavy atom. The van der Waals surface area contributed by atoms with Crippen molar-refractivity contribution in [3.63, 3.8) is 0 Å². The molecule has 0 saturated carbocycles. The Kier molecular flexibility index (Phi) is 3.96. The third-order valence-corrected chi connectivity index (χ3v) is 2.48. The number of carboxylic acid groups (broad SMARTS) is 1. The number of nitrogens with zero attached hydrogens (tertiary/aromatic N) is 1. The molecule has 0 aliphatic rings. The fourth-order valence-corrected chi connectivity index (χ4v) is 1.58. The van der Waals surface area contributed by atoms with Crippen LogP contribution in [0.4, 0.5) is 0 Å². The summed E-state index contributed by atoms with van der Waals surface area (Å²) in [6.07, 6.45) is 0.0852. The fraction of sp³-hybridized carbons (Fsp3) is 0.200. The highest BCUT2D eigenvalue weighted by atomic mass is 35.5. The molecule has 15 heavy (non-hydrogen) atoms. The number of carboxylic acids is 1. The van der Waals surface area contributed by atoms with Gasteiger partial charge in [-0.3, -0.25) is 4.79 Å². The van der Waals surface area contributed by atoms with E-state index in [0.29, 0.717) is 15.6 Å². The summed E-state index contributed by atoms with van der Waals surface area (Å²) < 4.78 is 0. The molecule has 1 rings (SSSR count). The Bertz CT molecular complexity index is 426. The van der Waals surface area contributed by atoms with Crippen LogP contribution in [0.3, 0.4) is 0 Å². The van der Waals surface area contributed by atoms with Gasteiger partial charge in [0.25, 0.3) is 0 Å². The SMILES string of the molecule is N#C[C@H](Cc1ccc(Cl)cc1Cl)C(=O)O. The number of hydrogen-bond donors (Lipinski definition) is 1. The number of carbonyl (C=O) groups is 1. The molecule has 0 aliphatic carbocycles. The summed E-state index contributed by atoms with van der Waals surface area (Å²) in [7, 11) is 0. The molecule has 0 spiro atoms. The lowest BCUT2D eigenvalue weighted by Gasteiger charge is -2.06. The molecule has 0 unspecified atom stereocenters. The Hall–Kier alpha value is -1.24. The minimum absolute atomic E-state index is 0.0852. The number of aliphatic carboxylic acids is 1. The van der Waals surface area contributed by atoms with Crippen LogP contribution in [-0.4, -0.2) is 11.1 Å². The third kappa shape index (κ3) is 3.12. The first-order valence-electron chi connectivity index (χ1n) is 4.11. The zero-order valence-electron chi connectivity index (χ0n) is 7.58. The van der Waals surface area contributed by atoms with Gasteiger partial charge in [-0.15, -0.1) is 0 Å². The molecule has 0 aromatic heterocycles. The van der Waals surface area contributed by atoms with Gasteiger partial charge in [-0.25, -0.2) is 0 Å². The van der Waals surface area contributed by atoms with Gasteiger partial charge in [0.1, 0.15) is 5.92 Å². The summed E-state index contributed by atoms with van der Waals surface area (Å²) in [5, 5.41) is 18.1. The molecule has 0 heterocycles. The van der Waals surface area contributed by atoms with E-state index >= 15 is 0 Å². The highest BCUT2D eigenvalue weighted by Gasteiger charge is 2.18. The standard InChI is InChI=1S/C10H7Cl2NO2/c11-8-2-1-6(9(12)4-8)3-7(5-13)10(14)15/h1-2,4,7H,3H2,(H,14,15)/t7-/m0/s1. The van der Waals surface area contributed by atoms with Gasteiger partial charge in [0.05, 0.1) is 6.07 Å². The van der Waals surface area contributed by atoms with E-state index in [1.165, 1.54) is 6.07 Å². The third-order valence-electron chi connectivity index (χ3n) is 1.89. The van der Waals surface area contributed by atoms with E-state index in [1.807, 2.05) is 0 Å². The van der Waals surface area contributed by atoms with Crippen molar-refractivity contribution in [1.82, 2.24) is 0 Å². The zero-order valence-corrected chi connectivity index (χ0v) is 9.09. The molecule has 0 fully saturated rings. The molecule has 1 aromatic rings. The molecule has 78 valence electrons. The maximum atomic E-state index is 10.6. The van der Waals surface area contributed by atoms with Gasteiger partial charge >= 0.3 is 5.97 Å². The Morgan fingerprint density at radius 2 is 2.20 bits per heavy atom. The minimum atomic E-state index is -1.15. The topological polar surface area (TPSA) is 61.1 Å². The van der Waals surface area contributed by atoms with Gasteiger partial charge in [0, 0.05) is 16.5 Å². The molecular weight excluding hydrogens is 237 g/mol. The highest BCUT2D eigenvalue weighted by molar-refractivity contribution is 6.35. The molecule has 1 N–H and O–H groups in total. The summed E-state index contributed by atoms with van der Waals surface area (Å²) in [6.45, 7) is 0. The van der Waals surface area contributed by atoms with Crippen LogP contribution >= 0.6 is 23.2 Å². The van der Waals surface area contributed by atoms with E-state index in [0.717, 1.165) is 0 Å². The first kappa shape index (κ1) is 11.8. The molecule has 1 aromatic carbocycles. The number of benzene rings is 1. The smallest absolute Gasteiger partial charge is 0.321 e. The van der Waals surface area contributed by atoms with E-state index in [9.17, 15) is 4.79 Å². The van der Waals surface area contributed by atoms with Crippen LogP contribution in [0, 0.1) is 17.2 Å². The van der Waals surface area contributed by atoms with Crippen molar-refractivity contribution < 1.29 is 9.90 Å². The minimum Gasteiger partial charge on any atom is -0.480 e. The second-order valence-electron chi connectivity index (χ2n) is 2.96. The maximum Gasteiger partial charge on any atom is 0.321 e. The summed E-state index contributed by atoms with van der Waals surface area (Å²) in [4.78, 5) is 10.6. The second kappa shape index (κ2) is 5.01. The number of hydrogen-bond acceptors (Lipinski definition) is 2. The Morgan fingerprint density at radius 3 is 2.67 bits per heavy atom. The second-order valence-corrected chi connectivity index (χ2v) is 3.80. The van der Waals surface area contributed by atoms with Crippen LogP contribution in [0.5, 0.6) is 0 Å². The van der Waals surface area contributed by atoms with E-state index in [2.05, 4.69) is 0 Å².